The molecule has 1 aliphatic rings. The molecule has 0 aliphatic carbocycles. The van der Waals surface area contributed by atoms with Gasteiger partial charge in [0.15, 0.2) is 0 Å². The molecule has 0 unspecified atom stereocenters. The Morgan fingerprint density at radius 3 is 2.06 bits per heavy atom. The van der Waals surface area contributed by atoms with Crippen LogP contribution < -0.4 is 4.72 Å². The van der Waals surface area contributed by atoms with Gasteiger partial charge in [-0.3, -0.25) is 4.79 Å². The molecule has 1 aromatic carbocycles. The lowest BCUT2D eigenvalue weighted by atomic mass is 10.1. The third-order valence-electron chi connectivity index (χ3n) is 4.61. The van der Waals surface area contributed by atoms with Crippen molar-refractivity contribution in [3.63, 3.8) is 0 Å². The molecule has 1 N–H and O–H groups in total. The summed E-state index contributed by atoms with van der Waals surface area (Å²) in [6, 6.07) is 2.86. The summed E-state index contributed by atoms with van der Waals surface area (Å²) in [6.07, 6.45) is -4.48. The summed E-state index contributed by atoms with van der Waals surface area (Å²) in [4.78, 5) is 11.9. The van der Waals surface area contributed by atoms with Crippen molar-refractivity contribution in [2.45, 2.75) is 34.0 Å². The Balaban J connectivity index is 1.77. The third-order valence-corrected chi connectivity index (χ3v) is 9.41. The minimum atomic E-state index is -5.84. The van der Waals surface area contributed by atoms with Gasteiger partial charge in [0.25, 0.3) is 15.9 Å². The summed E-state index contributed by atoms with van der Waals surface area (Å²) < 4.78 is 116. The van der Waals surface area contributed by atoms with Crippen LogP contribution in [0, 0.1) is 0 Å². The van der Waals surface area contributed by atoms with Crippen LogP contribution in [0.4, 0.5) is 22.0 Å². The van der Waals surface area contributed by atoms with Crippen LogP contribution in [-0.4, -0.2) is 46.3 Å². The fraction of sp³-hybridized carbons (Fsp3) is 0.353. The smallest absolute Gasteiger partial charge is 0.268 e. The van der Waals surface area contributed by atoms with Crippen LogP contribution in [0.3, 0.4) is 0 Å². The van der Waals surface area contributed by atoms with Crippen LogP contribution >= 0.6 is 11.3 Å². The van der Waals surface area contributed by atoms with E-state index in [1.807, 2.05) is 0 Å². The van der Waals surface area contributed by atoms with Crippen molar-refractivity contribution >= 4 is 37.3 Å². The molecule has 0 radical (unpaired) electrons. The van der Waals surface area contributed by atoms with Gasteiger partial charge in [-0.2, -0.15) is 26.3 Å². The zero-order valence-corrected chi connectivity index (χ0v) is 18.3. The van der Waals surface area contributed by atoms with E-state index in [-0.39, 0.29) is 4.90 Å². The number of alkyl halides is 5. The van der Waals surface area contributed by atoms with E-state index in [1.165, 1.54) is 4.31 Å². The highest BCUT2D eigenvalue weighted by Crippen LogP contribution is 2.43. The molecule has 2 heterocycles. The SMILES string of the molecule is O=C(NS(=O)(=O)c1cc(S(=O)(=O)N2CCCC2)cs1)c1ccc(C(F)(F)C(F)(F)F)cc1. The molecule has 1 amide bonds. The standard InChI is InChI=1S/C17H15F5N2O5S3/c18-16(19,17(20,21)22)12-5-3-11(4-6-12)15(25)23-31(26,27)14-9-13(10-30-14)32(28,29)24-7-1-2-8-24/h3-6,9-10H,1-2,7-8H2,(H,23,25). The number of nitrogens with one attached hydrogen (secondary N) is 1. The average Bonchev–Trinajstić information content (AvgIpc) is 3.39. The molecule has 1 saturated heterocycles. The largest absolute Gasteiger partial charge is 0.458 e. The van der Waals surface area contributed by atoms with Crippen molar-refractivity contribution in [1.82, 2.24) is 9.03 Å². The highest BCUT2D eigenvalue weighted by molar-refractivity contribution is 7.92. The van der Waals surface area contributed by atoms with Crippen molar-refractivity contribution in [2.75, 3.05) is 13.1 Å². The number of carbonyl (C=O) groups excluding carboxylic acids is 1. The third kappa shape index (κ3) is 4.65. The van der Waals surface area contributed by atoms with Gasteiger partial charge in [-0.15, -0.1) is 11.3 Å². The van der Waals surface area contributed by atoms with Crippen molar-refractivity contribution in [2.24, 2.45) is 0 Å². The molecule has 32 heavy (non-hydrogen) atoms. The predicted octanol–water partition coefficient (Wildman–Crippen LogP) is 3.31. The normalized spacial score (nSPS) is 16.3. The highest BCUT2D eigenvalue weighted by Gasteiger charge is 2.58. The van der Waals surface area contributed by atoms with Crippen molar-refractivity contribution in [3.05, 3.63) is 46.8 Å². The Bertz CT molecular complexity index is 1220. The number of benzene rings is 1. The number of nitrogens with zero attached hydrogens (tertiary/aromatic N) is 1. The first-order valence-corrected chi connectivity index (χ1v) is 12.7. The summed E-state index contributed by atoms with van der Waals surface area (Å²) in [6.45, 7) is 0.612. The van der Waals surface area contributed by atoms with Crippen LogP contribution in [0.1, 0.15) is 28.8 Å². The lowest BCUT2D eigenvalue weighted by molar-refractivity contribution is -0.289. The average molecular weight is 519 g/mol. The van der Waals surface area contributed by atoms with Crippen molar-refractivity contribution in [3.8, 4) is 0 Å². The van der Waals surface area contributed by atoms with Crippen LogP contribution in [0.5, 0.6) is 0 Å². The molecule has 0 atom stereocenters. The maximum Gasteiger partial charge on any atom is 0.458 e. The van der Waals surface area contributed by atoms with Gasteiger partial charge in [-0.05, 0) is 31.0 Å². The lowest BCUT2D eigenvalue weighted by Crippen LogP contribution is -2.34. The second kappa shape index (κ2) is 8.35. The van der Waals surface area contributed by atoms with Gasteiger partial charge in [0.05, 0.1) is 4.90 Å². The summed E-state index contributed by atoms with van der Waals surface area (Å²) in [5.74, 6) is -6.44. The zero-order valence-electron chi connectivity index (χ0n) is 15.9. The number of hydrogen-bond donors (Lipinski definition) is 1. The van der Waals surface area contributed by atoms with E-state index in [0.717, 1.165) is 11.4 Å². The molecular weight excluding hydrogens is 503 g/mol. The topological polar surface area (TPSA) is 101 Å². The van der Waals surface area contributed by atoms with E-state index in [0.29, 0.717) is 61.5 Å². The summed E-state index contributed by atoms with van der Waals surface area (Å²) in [5, 5.41) is 1.11. The van der Waals surface area contributed by atoms with E-state index in [9.17, 15) is 43.6 Å². The van der Waals surface area contributed by atoms with Gasteiger partial charge in [-0.1, -0.05) is 12.1 Å². The zero-order chi connectivity index (χ0) is 23.9. The first kappa shape index (κ1) is 24.5. The van der Waals surface area contributed by atoms with Crippen molar-refractivity contribution in [1.29, 1.82) is 0 Å². The van der Waals surface area contributed by atoms with Gasteiger partial charge in [0.1, 0.15) is 4.21 Å². The van der Waals surface area contributed by atoms with Crippen LogP contribution in [-0.2, 0) is 26.0 Å². The summed E-state index contributed by atoms with van der Waals surface area (Å²) in [5.41, 5.74) is -1.91. The summed E-state index contributed by atoms with van der Waals surface area (Å²) in [7, 11) is -8.41. The van der Waals surface area contributed by atoms with Crippen LogP contribution in [0.2, 0.25) is 0 Å². The highest BCUT2D eigenvalue weighted by atomic mass is 32.2. The second-order valence-electron chi connectivity index (χ2n) is 6.80. The van der Waals surface area contributed by atoms with Gasteiger partial charge in [-0.25, -0.2) is 21.6 Å². The number of rotatable bonds is 6. The number of thiophene rings is 1. The number of hydrogen-bond acceptors (Lipinski definition) is 6. The Morgan fingerprint density at radius 2 is 1.53 bits per heavy atom. The summed E-state index contributed by atoms with van der Waals surface area (Å²) >= 11 is 0.555. The van der Waals surface area contributed by atoms with E-state index >= 15 is 0 Å². The minimum Gasteiger partial charge on any atom is -0.268 e. The first-order valence-electron chi connectivity index (χ1n) is 8.87. The van der Waals surface area contributed by atoms with Gasteiger partial charge in [0, 0.05) is 29.6 Å². The molecule has 2 aromatic rings. The number of amides is 1. The monoisotopic (exact) mass is 518 g/mol. The molecule has 0 spiro atoms. The molecule has 3 rings (SSSR count). The molecule has 1 fully saturated rings. The second-order valence-corrected chi connectivity index (χ2v) is 11.6. The number of sulfonamides is 2. The molecule has 1 aliphatic heterocycles. The molecule has 1 aromatic heterocycles. The Morgan fingerprint density at radius 1 is 0.969 bits per heavy atom. The Hall–Kier alpha value is -2.10. The maximum absolute atomic E-state index is 13.3. The van der Waals surface area contributed by atoms with E-state index in [1.54, 1.807) is 4.72 Å². The van der Waals surface area contributed by atoms with Crippen LogP contribution in [0.25, 0.3) is 0 Å². The number of halogens is 5. The minimum absolute atomic E-state index is 0.254. The molecule has 15 heteroatoms. The van der Waals surface area contributed by atoms with E-state index in [2.05, 4.69) is 0 Å². The van der Waals surface area contributed by atoms with Gasteiger partial charge in [0.2, 0.25) is 10.0 Å². The van der Waals surface area contributed by atoms with Crippen LogP contribution in [0.15, 0.2) is 44.8 Å². The predicted molar refractivity (Wildman–Crippen MR) is 103 cm³/mol. The maximum atomic E-state index is 13.3. The molecule has 0 saturated carbocycles. The Labute approximate surface area is 183 Å². The molecule has 176 valence electrons. The van der Waals surface area contributed by atoms with E-state index in [4.69, 9.17) is 0 Å². The lowest BCUT2D eigenvalue weighted by Gasteiger charge is -2.19. The van der Waals surface area contributed by atoms with Gasteiger partial charge < -0.3 is 0 Å². The van der Waals surface area contributed by atoms with Crippen molar-refractivity contribution < 1.29 is 43.6 Å². The van der Waals surface area contributed by atoms with E-state index < -0.39 is 53.4 Å². The Kier molecular flexibility index (Phi) is 6.40. The number of carbonyl (C=O) groups is 1. The molecular formula is C17H15F5N2O5S3. The fourth-order valence-electron chi connectivity index (χ4n) is 2.88. The quantitative estimate of drug-likeness (QED) is 0.592. The molecule has 7 nitrogen and oxygen atoms in total. The first-order chi connectivity index (χ1) is 14.7. The molecule has 0 bridgehead atoms. The fourth-order valence-corrected chi connectivity index (χ4v) is 6.98. The van der Waals surface area contributed by atoms with Gasteiger partial charge >= 0.3 is 12.1 Å².